The van der Waals surface area contributed by atoms with Gasteiger partial charge in [0.1, 0.15) is 0 Å². The summed E-state index contributed by atoms with van der Waals surface area (Å²) in [6.07, 6.45) is 5.15. The lowest BCUT2D eigenvalue weighted by molar-refractivity contribution is 0.0696. The van der Waals surface area contributed by atoms with Crippen LogP contribution in [0.2, 0.25) is 0 Å². The van der Waals surface area contributed by atoms with Gasteiger partial charge < -0.3 is 5.11 Å². The number of hydrogen-bond donors (Lipinski definition) is 2. The van der Waals surface area contributed by atoms with E-state index in [1.54, 1.807) is 30.7 Å². The van der Waals surface area contributed by atoms with E-state index in [2.05, 4.69) is 14.7 Å². The zero-order valence-corrected chi connectivity index (χ0v) is 13.5. The van der Waals surface area contributed by atoms with Gasteiger partial charge in [0.15, 0.2) is 0 Å². The van der Waals surface area contributed by atoms with Crippen LogP contribution in [0.4, 0.5) is 0 Å². The molecule has 0 aliphatic heterocycles. The van der Waals surface area contributed by atoms with Gasteiger partial charge in [0, 0.05) is 35.6 Å². The second kappa shape index (κ2) is 7.72. The Bertz CT molecular complexity index is 826. The van der Waals surface area contributed by atoms with Crippen LogP contribution in [-0.4, -0.2) is 21.0 Å². The van der Waals surface area contributed by atoms with Crippen LogP contribution in [0.25, 0.3) is 11.1 Å². The number of nitrogens with zero attached hydrogens (tertiary/aromatic N) is 2. The Kier molecular flexibility index (Phi) is 5.20. The van der Waals surface area contributed by atoms with E-state index in [-0.39, 0.29) is 5.56 Å². The number of nitrogens with one attached hydrogen (secondary N) is 1. The molecule has 0 aliphatic rings. The zero-order chi connectivity index (χ0) is 16.8. The van der Waals surface area contributed by atoms with Crippen molar-refractivity contribution in [3.63, 3.8) is 0 Å². The quantitative estimate of drug-likeness (QED) is 0.669. The average Bonchev–Trinajstić information content (AvgIpc) is 2.63. The smallest absolute Gasteiger partial charge is 0.335 e. The fourth-order valence-corrected chi connectivity index (χ4v) is 2.94. The van der Waals surface area contributed by atoms with Gasteiger partial charge in [-0.15, -0.1) is 0 Å². The Labute approximate surface area is 143 Å². The average molecular weight is 337 g/mol. The molecule has 120 valence electrons. The molecule has 0 saturated carbocycles. The standard InChI is InChI=1S/C18H15N3O2S/c22-18(23)15-8-14(13-4-3-6-19-11-13)9-17(10-15)24-21-12-16-5-1-2-7-20-16/h1-11,21H,12H2,(H,22,23). The fourth-order valence-electron chi connectivity index (χ4n) is 2.18. The van der Waals surface area contributed by atoms with Crippen molar-refractivity contribution in [1.82, 2.24) is 14.7 Å². The first-order valence-electron chi connectivity index (χ1n) is 7.31. The van der Waals surface area contributed by atoms with Gasteiger partial charge in [-0.05, 0) is 53.9 Å². The molecule has 0 spiro atoms. The number of carboxylic acid groups (broad SMARTS) is 1. The predicted molar refractivity (Wildman–Crippen MR) is 93.6 cm³/mol. The normalized spacial score (nSPS) is 10.5. The molecule has 2 N–H and O–H groups in total. The van der Waals surface area contributed by atoms with Crippen molar-refractivity contribution < 1.29 is 9.90 Å². The third kappa shape index (κ3) is 4.18. The Morgan fingerprint density at radius 2 is 2.00 bits per heavy atom. The van der Waals surface area contributed by atoms with Gasteiger partial charge in [0.05, 0.1) is 11.3 Å². The van der Waals surface area contributed by atoms with Crippen molar-refractivity contribution >= 4 is 17.9 Å². The van der Waals surface area contributed by atoms with Crippen LogP contribution in [0.3, 0.4) is 0 Å². The lowest BCUT2D eigenvalue weighted by Gasteiger charge is -2.08. The van der Waals surface area contributed by atoms with E-state index in [1.807, 2.05) is 36.4 Å². The molecular weight excluding hydrogens is 322 g/mol. The molecule has 5 nitrogen and oxygen atoms in total. The van der Waals surface area contributed by atoms with E-state index in [0.29, 0.717) is 6.54 Å². The maximum absolute atomic E-state index is 11.4. The molecule has 0 unspecified atom stereocenters. The lowest BCUT2D eigenvalue weighted by atomic mass is 10.0. The number of pyridine rings is 2. The molecule has 0 radical (unpaired) electrons. The molecule has 0 saturated heterocycles. The number of aromatic nitrogens is 2. The van der Waals surface area contributed by atoms with E-state index in [4.69, 9.17) is 0 Å². The Balaban J connectivity index is 1.79. The van der Waals surface area contributed by atoms with Gasteiger partial charge in [-0.1, -0.05) is 12.1 Å². The Hall–Kier alpha value is -2.70. The minimum atomic E-state index is -0.952. The number of rotatable bonds is 6. The maximum atomic E-state index is 11.4. The lowest BCUT2D eigenvalue weighted by Crippen LogP contribution is -2.05. The van der Waals surface area contributed by atoms with Crippen molar-refractivity contribution in [2.45, 2.75) is 11.4 Å². The first kappa shape index (κ1) is 16.2. The molecule has 6 heteroatoms. The van der Waals surface area contributed by atoms with Gasteiger partial charge in [-0.2, -0.15) is 0 Å². The largest absolute Gasteiger partial charge is 0.478 e. The van der Waals surface area contributed by atoms with Gasteiger partial charge in [0.25, 0.3) is 0 Å². The number of benzene rings is 1. The second-order valence-electron chi connectivity index (χ2n) is 5.04. The van der Waals surface area contributed by atoms with Gasteiger partial charge in [-0.3, -0.25) is 14.7 Å². The molecule has 3 aromatic rings. The highest BCUT2D eigenvalue weighted by molar-refractivity contribution is 7.97. The molecule has 1 aromatic carbocycles. The molecule has 0 bridgehead atoms. The summed E-state index contributed by atoms with van der Waals surface area (Å²) in [7, 11) is 0. The fraction of sp³-hybridized carbons (Fsp3) is 0.0556. The summed E-state index contributed by atoms with van der Waals surface area (Å²) in [6, 6.07) is 14.7. The molecule has 0 aliphatic carbocycles. The number of carboxylic acids is 1. The molecule has 0 amide bonds. The summed E-state index contributed by atoms with van der Waals surface area (Å²) < 4.78 is 3.21. The molecule has 0 fully saturated rings. The van der Waals surface area contributed by atoms with Crippen molar-refractivity contribution in [3.8, 4) is 11.1 Å². The Morgan fingerprint density at radius 1 is 1.08 bits per heavy atom. The monoisotopic (exact) mass is 337 g/mol. The second-order valence-corrected chi connectivity index (χ2v) is 6.00. The van der Waals surface area contributed by atoms with Crippen LogP contribution in [0.5, 0.6) is 0 Å². The van der Waals surface area contributed by atoms with Gasteiger partial charge in [0.2, 0.25) is 0 Å². The first-order chi connectivity index (χ1) is 11.7. The Morgan fingerprint density at radius 3 is 2.71 bits per heavy atom. The predicted octanol–water partition coefficient (Wildman–Crippen LogP) is 3.64. The summed E-state index contributed by atoms with van der Waals surface area (Å²) in [5.74, 6) is -0.952. The summed E-state index contributed by atoms with van der Waals surface area (Å²) in [5, 5.41) is 9.33. The van der Waals surface area contributed by atoms with E-state index in [9.17, 15) is 9.90 Å². The highest BCUT2D eigenvalue weighted by atomic mass is 32.2. The molecule has 24 heavy (non-hydrogen) atoms. The highest BCUT2D eigenvalue weighted by Crippen LogP contribution is 2.26. The van der Waals surface area contributed by atoms with Crippen LogP contribution >= 0.6 is 11.9 Å². The minimum Gasteiger partial charge on any atom is -0.478 e. The SMILES string of the molecule is O=C(O)c1cc(SNCc2ccccn2)cc(-c2cccnc2)c1. The molecule has 2 aromatic heterocycles. The van der Waals surface area contributed by atoms with E-state index >= 15 is 0 Å². The molecule has 0 atom stereocenters. The maximum Gasteiger partial charge on any atom is 0.335 e. The number of aromatic carboxylic acids is 1. The third-order valence-corrected chi connectivity index (χ3v) is 4.08. The van der Waals surface area contributed by atoms with Crippen molar-refractivity contribution in [2.75, 3.05) is 0 Å². The number of hydrogen-bond acceptors (Lipinski definition) is 5. The summed E-state index contributed by atoms with van der Waals surface area (Å²) in [4.78, 5) is 20.5. The van der Waals surface area contributed by atoms with Crippen LogP contribution in [0.1, 0.15) is 16.1 Å². The first-order valence-corrected chi connectivity index (χ1v) is 8.12. The van der Waals surface area contributed by atoms with Gasteiger partial charge >= 0.3 is 5.97 Å². The van der Waals surface area contributed by atoms with Crippen LogP contribution in [0, 0.1) is 0 Å². The summed E-state index contributed by atoms with van der Waals surface area (Å²) in [5.41, 5.74) is 2.88. The van der Waals surface area contributed by atoms with Crippen molar-refractivity contribution in [2.24, 2.45) is 0 Å². The molecule has 2 heterocycles. The van der Waals surface area contributed by atoms with Crippen molar-refractivity contribution in [3.05, 3.63) is 78.4 Å². The summed E-state index contributed by atoms with van der Waals surface area (Å²) >= 11 is 1.38. The van der Waals surface area contributed by atoms with E-state index in [1.165, 1.54) is 11.9 Å². The minimum absolute atomic E-state index is 0.249. The van der Waals surface area contributed by atoms with Gasteiger partial charge in [-0.25, -0.2) is 4.79 Å². The highest BCUT2D eigenvalue weighted by Gasteiger charge is 2.09. The zero-order valence-electron chi connectivity index (χ0n) is 12.7. The van der Waals surface area contributed by atoms with Crippen LogP contribution < -0.4 is 4.72 Å². The van der Waals surface area contributed by atoms with Crippen LogP contribution in [-0.2, 0) is 6.54 Å². The summed E-state index contributed by atoms with van der Waals surface area (Å²) in [6.45, 7) is 0.588. The van der Waals surface area contributed by atoms with Crippen LogP contribution in [0.15, 0.2) is 72.0 Å². The third-order valence-electron chi connectivity index (χ3n) is 3.32. The molecule has 3 rings (SSSR count). The van der Waals surface area contributed by atoms with E-state index in [0.717, 1.165) is 21.7 Å². The molecular formula is C18H15N3O2S. The van der Waals surface area contributed by atoms with E-state index < -0.39 is 5.97 Å². The number of carbonyl (C=O) groups is 1. The van der Waals surface area contributed by atoms with Crippen molar-refractivity contribution in [1.29, 1.82) is 0 Å². The topological polar surface area (TPSA) is 75.1 Å².